The number of aromatic nitrogens is 1. The fraction of sp³-hybridized carbons (Fsp3) is 0.429. The first-order valence-electron chi connectivity index (χ1n) is 8.89. The molecule has 1 unspecified atom stereocenters. The van der Waals surface area contributed by atoms with Crippen LogP contribution in [0.2, 0.25) is 0 Å². The van der Waals surface area contributed by atoms with Crippen molar-refractivity contribution < 1.29 is 4.79 Å². The van der Waals surface area contributed by atoms with Gasteiger partial charge in [0.05, 0.1) is 11.2 Å². The van der Waals surface area contributed by atoms with E-state index < -0.39 is 0 Å². The maximum atomic E-state index is 13.0. The molecule has 120 valence electrons. The van der Waals surface area contributed by atoms with Gasteiger partial charge in [0, 0.05) is 16.9 Å². The minimum Gasteiger partial charge on any atom is -0.293 e. The van der Waals surface area contributed by atoms with Crippen molar-refractivity contribution in [2.45, 2.75) is 52.4 Å². The average molecular weight is 307 g/mol. The molecule has 0 radical (unpaired) electrons. The Bertz CT molecular complexity index is 745. The summed E-state index contributed by atoms with van der Waals surface area (Å²) in [6.45, 7) is 4.36. The number of carbonyl (C=O) groups excluding carboxylic acids is 1. The Kier molecular flexibility index (Phi) is 4.90. The molecule has 1 aliphatic carbocycles. The normalized spacial score (nSPS) is 17.2. The predicted octanol–water partition coefficient (Wildman–Crippen LogP) is 5.81. The number of rotatable bonds is 6. The molecule has 2 aromatic rings. The van der Waals surface area contributed by atoms with Crippen LogP contribution < -0.4 is 0 Å². The number of hydrogen-bond donors (Lipinski definition) is 0. The smallest absolute Gasteiger partial charge is 0.172 e. The van der Waals surface area contributed by atoms with E-state index in [-0.39, 0.29) is 11.7 Å². The molecule has 1 aromatic heterocycles. The first-order chi connectivity index (χ1) is 11.2. The maximum absolute atomic E-state index is 13.0. The molecule has 0 bridgehead atoms. The Morgan fingerprint density at radius 3 is 2.70 bits per heavy atom. The number of hydrogen-bond acceptors (Lipinski definition) is 2. The van der Waals surface area contributed by atoms with Gasteiger partial charge in [0.15, 0.2) is 5.78 Å². The summed E-state index contributed by atoms with van der Waals surface area (Å²) in [5, 5.41) is 1.05. The Balaban J connectivity index is 1.93. The SMILES string of the molecule is CCCCCCC1C(=O)c2cc3ccccc3nc2C=C1CC. The minimum absolute atomic E-state index is 0.0623. The van der Waals surface area contributed by atoms with Gasteiger partial charge in [-0.25, -0.2) is 4.98 Å². The lowest BCUT2D eigenvalue weighted by atomic mass is 9.80. The standard InChI is InChI=1S/C21H25NO/c1-3-5-6-7-11-17-15(4-2)14-20-18(21(17)23)13-16-10-8-9-12-19(16)22-20/h8-10,12-14,17H,3-7,11H2,1-2H3. The number of pyridine rings is 1. The van der Waals surface area contributed by atoms with Crippen molar-refractivity contribution in [2.75, 3.05) is 0 Å². The Labute approximate surface area is 138 Å². The molecule has 0 N–H and O–H groups in total. The fourth-order valence-electron chi connectivity index (χ4n) is 3.51. The van der Waals surface area contributed by atoms with Gasteiger partial charge in [0.1, 0.15) is 0 Å². The molecule has 0 amide bonds. The van der Waals surface area contributed by atoms with E-state index in [4.69, 9.17) is 4.98 Å². The molecule has 0 aliphatic heterocycles. The number of para-hydroxylation sites is 1. The van der Waals surface area contributed by atoms with Crippen LogP contribution in [-0.2, 0) is 0 Å². The van der Waals surface area contributed by atoms with Crippen LogP contribution >= 0.6 is 0 Å². The Morgan fingerprint density at radius 1 is 1.09 bits per heavy atom. The van der Waals surface area contributed by atoms with Crippen molar-refractivity contribution in [3.05, 3.63) is 47.2 Å². The van der Waals surface area contributed by atoms with Crippen molar-refractivity contribution in [1.29, 1.82) is 0 Å². The Morgan fingerprint density at radius 2 is 1.91 bits per heavy atom. The fourth-order valence-corrected chi connectivity index (χ4v) is 3.51. The predicted molar refractivity (Wildman–Crippen MR) is 96.6 cm³/mol. The van der Waals surface area contributed by atoms with Gasteiger partial charge in [-0.1, -0.05) is 63.3 Å². The van der Waals surface area contributed by atoms with Crippen LogP contribution in [0.1, 0.15) is 68.4 Å². The minimum atomic E-state index is 0.0623. The van der Waals surface area contributed by atoms with E-state index >= 15 is 0 Å². The third-order valence-electron chi connectivity index (χ3n) is 4.86. The lowest BCUT2D eigenvalue weighted by Crippen LogP contribution is -2.22. The van der Waals surface area contributed by atoms with E-state index in [0.717, 1.165) is 41.4 Å². The molecule has 1 heterocycles. The van der Waals surface area contributed by atoms with Crippen LogP contribution in [0.25, 0.3) is 17.0 Å². The van der Waals surface area contributed by atoms with Crippen LogP contribution in [0.4, 0.5) is 0 Å². The van der Waals surface area contributed by atoms with E-state index in [1.807, 2.05) is 30.3 Å². The number of allylic oxidation sites excluding steroid dienone is 1. The number of nitrogens with zero attached hydrogens (tertiary/aromatic N) is 1. The summed E-state index contributed by atoms with van der Waals surface area (Å²) in [7, 11) is 0. The van der Waals surface area contributed by atoms with Crippen molar-refractivity contribution in [3.8, 4) is 0 Å². The second-order valence-electron chi connectivity index (χ2n) is 6.45. The summed E-state index contributed by atoms with van der Waals surface area (Å²) in [5.41, 5.74) is 3.88. The lowest BCUT2D eigenvalue weighted by molar-refractivity contribution is 0.0928. The van der Waals surface area contributed by atoms with E-state index in [0.29, 0.717) is 0 Å². The monoisotopic (exact) mass is 307 g/mol. The van der Waals surface area contributed by atoms with Crippen LogP contribution in [0.15, 0.2) is 35.9 Å². The summed E-state index contributed by atoms with van der Waals surface area (Å²) in [6, 6.07) is 10.1. The van der Waals surface area contributed by atoms with Gasteiger partial charge >= 0.3 is 0 Å². The van der Waals surface area contributed by atoms with Gasteiger partial charge in [-0.3, -0.25) is 4.79 Å². The molecular formula is C21H25NO. The van der Waals surface area contributed by atoms with E-state index in [1.165, 1.54) is 24.8 Å². The molecule has 2 nitrogen and oxygen atoms in total. The molecule has 1 aromatic carbocycles. The molecule has 2 heteroatoms. The summed E-state index contributed by atoms with van der Waals surface area (Å²) < 4.78 is 0. The highest BCUT2D eigenvalue weighted by atomic mass is 16.1. The van der Waals surface area contributed by atoms with E-state index in [9.17, 15) is 4.79 Å². The second-order valence-corrected chi connectivity index (χ2v) is 6.45. The zero-order valence-electron chi connectivity index (χ0n) is 14.1. The van der Waals surface area contributed by atoms with Gasteiger partial charge in [0.25, 0.3) is 0 Å². The number of unbranched alkanes of at least 4 members (excludes halogenated alkanes) is 3. The first kappa shape index (κ1) is 15.9. The van der Waals surface area contributed by atoms with Gasteiger partial charge in [-0.2, -0.15) is 0 Å². The number of fused-ring (bicyclic) bond motifs is 2. The number of Topliss-reactive ketones (excluding diaryl/α,β-unsaturated/α-hetero) is 1. The first-order valence-corrected chi connectivity index (χ1v) is 8.89. The van der Waals surface area contributed by atoms with Crippen molar-refractivity contribution >= 4 is 22.8 Å². The molecule has 0 saturated heterocycles. The topological polar surface area (TPSA) is 30.0 Å². The molecule has 3 rings (SSSR count). The summed E-state index contributed by atoms with van der Waals surface area (Å²) >= 11 is 0. The average Bonchev–Trinajstić information content (AvgIpc) is 2.58. The highest BCUT2D eigenvalue weighted by Crippen LogP contribution is 2.34. The van der Waals surface area contributed by atoms with E-state index in [2.05, 4.69) is 19.9 Å². The number of ketones is 1. The highest BCUT2D eigenvalue weighted by Gasteiger charge is 2.29. The van der Waals surface area contributed by atoms with Gasteiger partial charge in [-0.15, -0.1) is 0 Å². The van der Waals surface area contributed by atoms with Crippen LogP contribution in [0, 0.1) is 5.92 Å². The molecular weight excluding hydrogens is 282 g/mol. The number of benzene rings is 1. The van der Waals surface area contributed by atoms with Crippen molar-refractivity contribution in [1.82, 2.24) is 4.98 Å². The molecule has 1 atom stereocenters. The zero-order chi connectivity index (χ0) is 16.2. The third-order valence-corrected chi connectivity index (χ3v) is 4.86. The van der Waals surface area contributed by atoms with Crippen LogP contribution in [0.3, 0.4) is 0 Å². The molecule has 23 heavy (non-hydrogen) atoms. The molecule has 0 fully saturated rings. The maximum Gasteiger partial charge on any atom is 0.172 e. The summed E-state index contributed by atoms with van der Waals surface area (Å²) in [6.07, 6.45) is 8.91. The number of carbonyl (C=O) groups is 1. The van der Waals surface area contributed by atoms with E-state index in [1.54, 1.807) is 0 Å². The summed E-state index contributed by atoms with van der Waals surface area (Å²) in [4.78, 5) is 17.7. The largest absolute Gasteiger partial charge is 0.293 e. The van der Waals surface area contributed by atoms with Crippen molar-refractivity contribution in [2.24, 2.45) is 5.92 Å². The Hall–Kier alpha value is -1.96. The zero-order valence-corrected chi connectivity index (χ0v) is 14.1. The third kappa shape index (κ3) is 3.21. The summed E-state index contributed by atoms with van der Waals surface area (Å²) in [5.74, 6) is 0.335. The van der Waals surface area contributed by atoms with Crippen molar-refractivity contribution in [3.63, 3.8) is 0 Å². The molecule has 0 spiro atoms. The second kappa shape index (κ2) is 7.08. The van der Waals surface area contributed by atoms with Gasteiger partial charge in [-0.05, 0) is 31.1 Å². The quantitative estimate of drug-likeness (QED) is 0.630. The van der Waals surface area contributed by atoms with Gasteiger partial charge in [0.2, 0.25) is 0 Å². The lowest BCUT2D eigenvalue weighted by Gasteiger charge is -2.24. The molecule has 0 saturated carbocycles. The highest BCUT2D eigenvalue weighted by molar-refractivity contribution is 6.07. The molecule has 1 aliphatic rings. The van der Waals surface area contributed by atoms with Crippen LogP contribution in [-0.4, -0.2) is 10.8 Å². The van der Waals surface area contributed by atoms with Crippen LogP contribution in [0.5, 0.6) is 0 Å². The van der Waals surface area contributed by atoms with Gasteiger partial charge < -0.3 is 0 Å².